The van der Waals surface area contributed by atoms with Gasteiger partial charge in [0.15, 0.2) is 11.5 Å². The van der Waals surface area contributed by atoms with Crippen molar-refractivity contribution in [3.63, 3.8) is 0 Å². The largest absolute Gasteiger partial charge is 0.493 e. The van der Waals surface area contributed by atoms with Gasteiger partial charge in [-0.05, 0) is 78.4 Å². The van der Waals surface area contributed by atoms with Crippen LogP contribution in [0.3, 0.4) is 0 Å². The molecule has 0 aliphatic heterocycles. The highest BCUT2D eigenvalue weighted by atomic mass is 32.2. The molecule has 0 bridgehead atoms. The highest BCUT2D eigenvalue weighted by molar-refractivity contribution is 8.00. The lowest BCUT2D eigenvalue weighted by Gasteiger charge is -2.18. The van der Waals surface area contributed by atoms with Crippen LogP contribution < -0.4 is 31.2 Å². The van der Waals surface area contributed by atoms with Crippen LogP contribution in [-0.2, 0) is 9.59 Å². The van der Waals surface area contributed by atoms with Crippen LogP contribution in [0.4, 0.5) is 11.4 Å². The minimum Gasteiger partial charge on any atom is -0.493 e. The lowest BCUT2D eigenvalue weighted by molar-refractivity contribution is -0.116. The predicted molar refractivity (Wildman–Crippen MR) is 195 cm³/mol. The van der Waals surface area contributed by atoms with Crippen LogP contribution in [0.15, 0.2) is 138 Å². The van der Waals surface area contributed by atoms with Crippen molar-refractivity contribution < 1.29 is 28.7 Å². The summed E-state index contributed by atoms with van der Waals surface area (Å²) in [7, 11) is 3.00. The topological polar surface area (TPSA) is 149 Å². The normalized spacial score (nSPS) is 11.5. The first-order valence-corrected chi connectivity index (χ1v) is 16.3. The van der Waals surface area contributed by atoms with Crippen LogP contribution in [0.5, 0.6) is 11.5 Å². The molecule has 5 rings (SSSR count). The molecular formula is C39H34N4O6S. The maximum Gasteiger partial charge on any atom is 0.272 e. The molecular weight excluding hydrogens is 653 g/mol. The van der Waals surface area contributed by atoms with E-state index in [0.29, 0.717) is 39.6 Å². The Labute approximate surface area is 293 Å². The highest BCUT2D eigenvalue weighted by Gasteiger charge is 2.23. The van der Waals surface area contributed by atoms with Crippen molar-refractivity contribution in [2.75, 3.05) is 24.9 Å². The summed E-state index contributed by atoms with van der Waals surface area (Å²) in [4.78, 5) is 52.5. The lowest BCUT2D eigenvalue weighted by atomic mass is 10.1. The number of carbonyl (C=O) groups excluding carboxylic acids is 4. The summed E-state index contributed by atoms with van der Waals surface area (Å²) in [5.74, 6) is -0.982. The Morgan fingerprint density at radius 2 is 1.30 bits per heavy atom. The molecule has 0 aromatic heterocycles. The lowest BCUT2D eigenvalue weighted by Crippen LogP contribution is -2.30. The summed E-state index contributed by atoms with van der Waals surface area (Å²) in [6.45, 7) is 0. The van der Waals surface area contributed by atoms with Gasteiger partial charge >= 0.3 is 0 Å². The quantitative estimate of drug-likeness (QED) is 0.0797. The van der Waals surface area contributed by atoms with Crippen molar-refractivity contribution in [2.24, 2.45) is 5.73 Å². The molecule has 252 valence electrons. The Bertz CT molecular complexity index is 2000. The minimum absolute atomic E-state index is 0.0199. The van der Waals surface area contributed by atoms with Gasteiger partial charge in [0.05, 0.1) is 14.2 Å². The number of para-hydroxylation sites is 1. The first-order valence-electron chi connectivity index (χ1n) is 15.4. The average Bonchev–Trinajstić information content (AvgIpc) is 3.14. The zero-order valence-corrected chi connectivity index (χ0v) is 28.0. The van der Waals surface area contributed by atoms with Gasteiger partial charge in [-0.2, -0.15) is 0 Å². The molecule has 0 saturated carbocycles. The maximum absolute atomic E-state index is 13.7. The number of primary amides is 1. The van der Waals surface area contributed by atoms with Crippen molar-refractivity contribution >= 4 is 52.8 Å². The number of thioether (sulfide) groups is 1. The third kappa shape index (κ3) is 8.97. The van der Waals surface area contributed by atoms with Crippen molar-refractivity contribution in [2.45, 2.75) is 10.1 Å². The molecule has 5 aromatic carbocycles. The van der Waals surface area contributed by atoms with Crippen LogP contribution in [0.2, 0.25) is 0 Å². The van der Waals surface area contributed by atoms with Crippen LogP contribution in [0, 0.1) is 0 Å². The third-order valence-electron chi connectivity index (χ3n) is 7.41. The molecule has 0 spiro atoms. The van der Waals surface area contributed by atoms with Gasteiger partial charge in [0.1, 0.15) is 10.9 Å². The molecule has 0 heterocycles. The van der Waals surface area contributed by atoms with Crippen molar-refractivity contribution in [1.29, 1.82) is 0 Å². The summed E-state index contributed by atoms with van der Waals surface area (Å²) >= 11 is 1.33. The van der Waals surface area contributed by atoms with Gasteiger partial charge in [0, 0.05) is 33.0 Å². The fraction of sp³-hybridized carbons (Fsp3) is 0.0769. The molecule has 50 heavy (non-hydrogen) atoms. The SMILES string of the molecule is COc1cccc(/C=C(\NC(=O)c2ccccc2)C(=O)Nc2ccc(SC(C(=O)Nc3ccc(C(N)=O)cc3)c3ccccc3)cc2)c1OC. The summed E-state index contributed by atoms with van der Waals surface area (Å²) in [6, 6.07) is 36.5. The van der Waals surface area contributed by atoms with E-state index in [9.17, 15) is 19.2 Å². The van der Waals surface area contributed by atoms with E-state index in [1.165, 1.54) is 32.1 Å². The van der Waals surface area contributed by atoms with Crippen molar-refractivity contribution in [3.8, 4) is 11.5 Å². The van der Waals surface area contributed by atoms with E-state index in [1.54, 1.807) is 97.1 Å². The smallest absolute Gasteiger partial charge is 0.272 e. The Morgan fingerprint density at radius 3 is 1.92 bits per heavy atom. The van der Waals surface area contributed by atoms with Crippen molar-refractivity contribution in [3.05, 3.63) is 155 Å². The van der Waals surface area contributed by atoms with Gasteiger partial charge in [-0.25, -0.2) is 0 Å². The molecule has 5 aromatic rings. The highest BCUT2D eigenvalue weighted by Crippen LogP contribution is 2.37. The first-order chi connectivity index (χ1) is 24.2. The summed E-state index contributed by atoms with van der Waals surface area (Å²) in [6.07, 6.45) is 1.52. The van der Waals surface area contributed by atoms with Crippen LogP contribution >= 0.6 is 11.8 Å². The van der Waals surface area contributed by atoms with Crippen LogP contribution in [0.1, 0.15) is 37.1 Å². The van der Waals surface area contributed by atoms with Crippen LogP contribution in [0.25, 0.3) is 6.08 Å². The minimum atomic E-state index is -0.618. The fourth-order valence-corrected chi connectivity index (χ4v) is 5.93. The van der Waals surface area contributed by atoms with Gasteiger partial charge in [0.25, 0.3) is 11.8 Å². The van der Waals surface area contributed by atoms with Gasteiger partial charge in [-0.15, -0.1) is 11.8 Å². The number of hydrogen-bond donors (Lipinski definition) is 4. The van der Waals surface area contributed by atoms with E-state index in [1.807, 2.05) is 30.3 Å². The third-order valence-corrected chi connectivity index (χ3v) is 8.67. The number of anilines is 2. The first kappa shape index (κ1) is 35.0. The van der Waals surface area contributed by atoms with Crippen molar-refractivity contribution in [1.82, 2.24) is 5.32 Å². The maximum atomic E-state index is 13.7. The second-order valence-corrected chi connectivity index (χ2v) is 12.0. The molecule has 1 unspecified atom stereocenters. The molecule has 0 saturated heterocycles. The van der Waals surface area contributed by atoms with Crippen LogP contribution in [-0.4, -0.2) is 37.8 Å². The Kier molecular flexibility index (Phi) is 11.7. The van der Waals surface area contributed by atoms with E-state index >= 15 is 0 Å². The molecule has 0 aliphatic carbocycles. The second kappa shape index (κ2) is 16.7. The van der Waals surface area contributed by atoms with E-state index in [2.05, 4.69) is 16.0 Å². The number of nitrogens with two attached hydrogens (primary N) is 1. The number of amides is 4. The number of benzene rings is 5. The Morgan fingerprint density at radius 1 is 0.680 bits per heavy atom. The number of nitrogens with one attached hydrogen (secondary N) is 3. The zero-order chi connectivity index (χ0) is 35.5. The van der Waals surface area contributed by atoms with Gasteiger partial charge in [-0.3, -0.25) is 19.2 Å². The number of rotatable bonds is 13. The molecule has 4 amide bonds. The number of ether oxygens (including phenoxy) is 2. The van der Waals surface area contributed by atoms with E-state index in [-0.39, 0.29) is 11.6 Å². The average molecular weight is 687 g/mol. The molecule has 1 atom stereocenters. The standard InChI is InChI=1S/C39H34N4O6S/c1-48-33-15-9-14-28(34(33)49-2)24-32(43-37(45)27-12-7-4-8-13-27)38(46)41-30-20-22-31(23-21-30)50-35(25-10-5-3-6-11-25)39(47)42-29-18-16-26(17-19-29)36(40)44/h3-24,35H,1-2H3,(H2,40,44)(H,41,46)(H,42,47)(H,43,45)/b32-24-. The number of carbonyl (C=O) groups is 4. The molecule has 0 fully saturated rings. The number of hydrogen-bond acceptors (Lipinski definition) is 7. The molecule has 0 aliphatic rings. The van der Waals surface area contributed by atoms with Gasteiger partial charge in [0.2, 0.25) is 11.8 Å². The fourth-order valence-electron chi connectivity index (χ4n) is 4.90. The number of methoxy groups -OCH3 is 2. The van der Waals surface area contributed by atoms with E-state index < -0.39 is 23.0 Å². The molecule has 5 N–H and O–H groups in total. The Hall–Kier alpha value is -6.33. The summed E-state index contributed by atoms with van der Waals surface area (Å²) in [5.41, 5.74) is 8.33. The monoisotopic (exact) mass is 686 g/mol. The predicted octanol–water partition coefficient (Wildman–Crippen LogP) is 6.68. The second-order valence-electron chi connectivity index (χ2n) is 10.8. The van der Waals surface area contributed by atoms with Gasteiger partial charge < -0.3 is 31.2 Å². The van der Waals surface area contributed by atoms with Gasteiger partial charge in [-0.1, -0.05) is 60.7 Å². The van der Waals surface area contributed by atoms with E-state index in [4.69, 9.17) is 15.2 Å². The molecule has 10 nitrogen and oxygen atoms in total. The summed E-state index contributed by atoms with van der Waals surface area (Å²) in [5, 5.41) is 7.87. The molecule has 11 heteroatoms. The Balaban J connectivity index is 1.35. The summed E-state index contributed by atoms with van der Waals surface area (Å²) < 4.78 is 10.9. The van der Waals surface area contributed by atoms with E-state index in [0.717, 1.165) is 10.5 Å². The molecule has 0 radical (unpaired) electrons. The zero-order valence-electron chi connectivity index (χ0n) is 27.2.